The second-order valence-corrected chi connectivity index (χ2v) is 3.27. The number of methoxy groups -OCH3 is 1. The lowest BCUT2D eigenvalue weighted by Gasteiger charge is -2.16. The van der Waals surface area contributed by atoms with Crippen LogP contribution in [0.3, 0.4) is 0 Å². The van der Waals surface area contributed by atoms with Crippen molar-refractivity contribution in [2.75, 3.05) is 20.3 Å². The Balaban J connectivity index is 3.30. The molecule has 0 aliphatic rings. The van der Waals surface area contributed by atoms with Crippen molar-refractivity contribution in [3.63, 3.8) is 0 Å². The van der Waals surface area contributed by atoms with Crippen LogP contribution in [0.5, 0.6) is 23.0 Å². The largest absolute Gasteiger partial charge is 0.504 e. The molecule has 0 bridgehead atoms. The molecule has 0 aliphatic carbocycles. The fourth-order valence-corrected chi connectivity index (χ4v) is 1.46. The molecule has 90 valence electrons. The SMILES string of the molecule is CCOc1cc(C)c(O)c(OCC)c1OC. The van der Waals surface area contributed by atoms with Crippen molar-refractivity contribution >= 4 is 0 Å². The van der Waals surface area contributed by atoms with E-state index in [-0.39, 0.29) is 5.75 Å². The van der Waals surface area contributed by atoms with Gasteiger partial charge in [-0.25, -0.2) is 0 Å². The van der Waals surface area contributed by atoms with Crippen molar-refractivity contribution in [3.05, 3.63) is 11.6 Å². The number of aromatic hydroxyl groups is 1. The van der Waals surface area contributed by atoms with E-state index >= 15 is 0 Å². The molecule has 1 N–H and O–H groups in total. The molecule has 0 aromatic heterocycles. The second-order valence-electron chi connectivity index (χ2n) is 3.27. The number of aryl methyl sites for hydroxylation is 1. The van der Waals surface area contributed by atoms with Crippen LogP contribution in [0, 0.1) is 6.92 Å². The third kappa shape index (κ3) is 2.32. The minimum atomic E-state index is 0.0992. The first-order valence-electron chi connectivity index (χ1n) is 5.31. The van der Waals surface area contributed by atoms with Gasteiger partial charge in [-0.05, 0) is 32.4 Å². The highest BCUT2D eigenvalue weighted by Crippen LogP contribution is 2.45. The van der Waals surface area contributed by atoms with Crippen molar-refractivity contribution in [1.29, 1.82) is 0 Å². The van der Waals surface area contributed by atoms with Crippen LogP contribution in [0.4, 0.5) is 0 Å². The number of benzene rings is 1. The number of phenolic OH excluding ortho intramolecular Hbond substituents is 1. The normalized spacial score (nSPS) is 10.0. The quantitative estimate of drug-likeness (QED) is 0.838. The number of rotatable bonds is 5. The Morgan fingerprint density at radius 1 is 1.12 bits per heavy atom. The first-order valence-corrected chi connectivity index (χ1v) is 5.31. The maximum atomic E-state index is 9.87. The van der Waals surface area contributed by atoms with Gasteiger partial charge in [0.25, 0.3) is 0 Å². The second kappa shape index (κ2) is 5.49. The van der Waals surface area contributed by atoms with Crippen LogP contribution in [0.1, 0.15) is 19.4 Å². The van der Waals surface area contributed by atoms with Gasteiger partial charge in [0.15, 0.2) is 11.5 Å². The van der Waals surface area contributed by atoms with E-state index < -0.39 is 0 Å². The molecule has 0 unspecified atom stereocenters. The zero-order valence-electron chi connectivity index (χ0n) is 10.2. The molecule has 0 aliphatic heterocycles. The molecule has 0 amide bonds. The molecule has 4 heteroatoms. The summed E-state index contributed by atoms with van der Waals surface area (Å²) < 4.78 is 16.0. The minimum absolute atomic E-state index is 0.0992. The highest BCUT2D eigenvalue weighted by molar-refractivity contribution is 5.61. The van der Waals surface area contributed by atoms with Crippen LogP contribution >= 0.6 is 0 Å². The van der Waals surface area contributed by atoms with Crippen LogP contribution in [0.15, 0.2) is 6.07 Å². The third-order valence-electron chi connectivity index (χ3n) is 2.16. The number of hydrogen-bond donors (Lipinski definition) is 1. The van der Waals surface area contributed by atoms with E-state index in [0.717, 1.165) is 0 Å². The predicted octanol–water partition coefficient (Wildman–Crippen LogP) is 2.51. The molecular weight excluding hydrogens is 208 g/mol. The van der Waals surface area contributed by atoms with E-state index in [1.165, 1.54) is 7.11 Å². The minimum Gasteiger partial charge on any atom is -0.504 e. The van der Waals surface area contributed by atoms with Crippen molar-refractivity contribution in [1.82, 2.24) is 0 Å². The molecule has 0 heterocycles. The summed E-state index contributed by atoms with van der Waals surface area (Å²) in [6.07, 6.45) is 0. The Labute approximate surface area is 95.8 Å². The zero-order valence-corrected chi connectivity index (χ0v) is 10.2. The summed E-state index contributed by atoms with van der Waals surface area (Å²) in [6, 6.07) is 1.74. The topological polar surface area (TPSA) is 47.9 Å². The van der Waals surface area contributed by atoms with Gasteiger partial charge in [-0.1, -0.05) is 0 Å². The maximum Gasteiger partial charge on any atom is 0.207 e. The summed E-state index contributed by atoms with van der Waals surface area (Å²) in [4.78, 5) is 0. The molecule has 1 aromatic carbocycles. The van der Waals surface area contributed by atoms with Crippen LogP contribution in [0.2, 0.25) is 0 Å². The molecule has 0 fully saturated rings. The van der Waals surface area contributed by atoms with Gasteiger partial charge in [-0.2, -0.15) is 0 Å². The smallest absolute Gasteiger partial charge is 0.207 e. The van der Waals surface area contributed by atoms with Gasteiger partial charge < -0.3 is 19.3 Å². The van der Waals surface area contributed by atoms with E-state index in [1.54, 1.807) is 13.0 Å². The maximum absolute atomic E-state index is 9.87. The van der Waals surface area contributed by atoms with E-state index in [0.29, 0.717) is 36.0 Å². The zero-order chi connectivity index (χ0) is 12.1. The highest BCUT2D eigenvalue weighted by Gasteiger charge is 2.18. The lowest BCUT2D eigenvalue weighted by molar-refractivity contribution is 0.270. The number of phenols is 1. The fraction of sp³-hybridized carbons (Fsp3) is 0.500. The summed E-state index contributed by atoms with van der Waals surface area (Å²) in [5.74, 6) is 1.46. The molecule has 0 atom stereocenters. The summed E-state index contributed by atoms with van der Waals surface area (Å²) >= 11 is 0. The van der Waals surface area contributed by atoms with Crippen LogP contribution in [-0.2, 0) is 0 Å². The lowest BCUT2D eigenvalue weighted by atomic mass is 10.1. The van der Waals surface area contributed by atoms with Gasteiger partial charge in [0.05, 0.1) is 20.3 Å². The molecule has 1 aromatic rings. The Morgan fingerprint density at radius 2 is 1.75 bits per heavy atom. The van der Waals surface area contributed by atoms with Gasteiger partial charge in [0.1, 0.15) is 0 Å². The summed E-state index contributed by atoms with van der Waals surface area (Å²) in [7, 11) is 1.52. The average molecular weight is 226 g/mol. The summed E-state index contributed by atoms with van der Waals surface area (Å²) in [6.45, 7) is 6.52. The first-order chi connectivity index (χ1) is 7.65. The van der Waals surface area contributed by atoms with Crippen LogP contribution < -0.4 is 14.2 Å². The van der Waals surface area contributed by atoms with Crippen molar-refractivity contribution in [2.24, 2.45) is 0 Å². The summed E-state index contributed by atoms with van der Waals surface area (Å²) in [5.41, 5.74) is 0.702. The molecular formula is C12H18O4. The Morgan fingerprint density at radius 3 is 2.25 bits per heavy atom. The first kappa shape index (κ1) is 12.5. The van der Waals surface area contributed by atoms with Gasteiger partial charge in [-0.15, -0.1) is 0 Å². The van der Waals surface area contributed by atoms with Gasteiger partial charge in [0.2, 0.25) is 11.5 Å². The summed E-state index contributed by atoms with van der Waals surface area (Å²) in [5, 5.41) is 9.87. The molecule has 4 nitrogen and oxygen atoms in total. The van der Waals surface area contributed by atoms with Crippen molar-refractivity contribution in [3.8, 4) is 23.0 Å². The Hall–Kier alpha value is -1.58. The third-order valence-corrected chi connectivity index (χ3v) is 2.16. The van der Waals surface area contributed by atoms with E-state index in [1.807, 2.05) is 13.8 Å². The Kier molecular flexibility index (Phi) is 4.28. The molecule has 16 heavy (non-hydrogen) atoms. The number of hydrogen-bond acceptors (Lipinski definition) is 4. The van der Waals surface area contributed by atoms with E-state index in [2.05, 4.69) is 0 Å². The van der Waals surface area contributed by atoms with Gasteiger partial charge in [0, 0.05) is 0 Å². The molecule has 0 saturated carbocycles. The fourth-order valence-electron chi connectivity index (χ4n) is 1.46. The average Bonchev–Trinajstić information content (AvgIpc) is 2.26. The van der Waals surface area contributed by atoms with E-state index in [9.17, 15) is 5.11 Å². The molecule has 0 spiro atoms. The molecule has 1 rings (SSSR count). The highest BCUT2D eigenvalue weighted by atomic mass is 16.5. The van der Waals surface area contributed by atoms with E-state index in [4.69, 9.17) is 14.2 Å². The number of ether oxygens (including phenoxy) is 3. The monoisotopic (exact) mass is 226 g/mol. The van der Waals surface area contributed by atoms with Crippen molar-refractivity contribution < 1.29 is 19.3 Å². The van der Waals surface area contributed by atoms with Crippen LogP contribution in [0.25, 0.3) is 0 Å². The standard InChI is InChI=1S/C12H18O4/c1-5-15-9-7-8(3)10(13)12(16-6-2)11(9)14-4/h7,13H,5-6H2,1-4H3. The molecule has 0 radical (unpaired) electrons. The molecule has 0 saturated heterocycles. The van der Waals surface area contributed by atoms with Gasteiger partial charge >= 0.3 is 0 Å². The van der Waals surface area contributed by atoms with Gasteiger partial charge in [-0.3, -0.25) is 0 Å². The van der Waals surface area contributed by atoms with Crippen LogP contribution in [-0.4, -0.2) is 25.4 Å². The predicted molar refractivity (Wildman–Crippen MR) is 61.7 cm³/mol. The Bertz CT molecular complexity index is 361. The van der Waals surface area contributed by atoms with Crippen molar-refractivity contribution in [2.45, 2.75) is 20.8 Å². The lowest BCUT2D eigenvalue weighted by Crippen LogP contribution is -2.01.